The van der Waals surface area contributed by atoms with Gasteiger partial charge in [-0.15, -0.1) is 0 Å². The molecule has 0 spiro atoms. The summed E-state index contributed by atoms with van der Waals surface area (Å²) >= 11 is 1.55. The summed E-state index contributed by atoms with van der Waals surface area (Å²) < 4.78 is 9.11. The molecule has 11 heteroatoms. The maximum absolute atomic E-state index is 13.6. The number of nitrogens with two attached hydrogens (primary N) is 1. The number of carbonyl (C=O) groups excluding carboxylic acids is 3. The van der Waals surface area contributed by atoms with Gasteiger partial charge < -0.3 is 25.8 Å². The van der Waals surface area contributed by atoms with E-state index in [0.717, 1.165) is 16.2 Å². The number of anilines is 1. The quantitative estimate of drug-likeness (QED) is 0.223. The number of phenols is 1. The van der Waals surface area contributed by atoms with Crippen molar-refractivity contribution < 1.29 is 28.8 Å². The number of thiazole rings is 1. The average Bonchev–Trinajstić information content (AvgIpc) is 3.46. The number of hydrogen-bond donors (Lipinski definition) is 3. The molecule has 0 aliphatic carbocycles. The average molecular weight is 537 g/mol. The van der Waals surface area contributed by atoms with Crippen LogP contribution in [-0.2, 0) is 29.5 Å². The van der Waals surface area contributed by atoms with Crippen LogP contribution >= 0.6 is 11.3 Å². The predicted octanol–water partition coefficient (Wildman–Crippen LogP) is 3.23. The first-order valence-corrected chi connectivity index (χ1v) is 12.9. The SMILES string of the molecule is CC(C)OC(=O)c1ccc(NC(=O)N(Cc2c[n+](C)c3sccn23)[C@@H](Cc2ccc(O)cc2)C(N)=O)cc1. The van der Waals surface area contributed by atoms with Gasteiger partial charge in [-0.05, 0) is 55.8 Å². The van der Waals surface area contributed by atoms with Crippen LogP contribution in [0.1, 0.15) is 35.5 Å². The molecule has 0 fully saturated rings. The number of benzene rings is 2. The van der Waals surface area contributed by atoms with Crippen LogP contribution < -0.4 is 15.6 Å². The van der Waals surface area contributed by atoms with Gasteiger partial charge in [0, 0.05) is 17.5 Å². The number of nitrogens with zero attached hydrogens (tertiary/aromatic N) is 3. The number of imidazole rings is 1. The van der Waals surface area contributed by atoms with Gasteiger partial charge in [-0.1, -0.05) is 23.5 Å². The Bertz CT molecular complexity index is 1440. The molecule has 0 unspecified atom stereocenters. The lowest BCUT2D eigenvalue weighted by Crippen LogP contribution is -2.50. The Balaban J connectivity index is 1.62. The number of ether oxygens (including phenoxy) is 1. The fraction of sp³-hybridized carbons (Fsp3) is 0.259. The highest BCUT2D eigenvalue weighted by molar-refractivity contribution is 7.14. The van der Waals surface area contributed by atoms with Crippen molar-refractivity contribution in [3.05, 3.63) is 83.1 Å². The highest BCUT2D eigenvalue weighted by Gasteiger charge is 2.31. The van der Waals surface area contributed by atoms with Gasteiger partial charge in [-0.2, -0.15) is 4.40 Å². The van der Waals surface area contributed by atoms with Gasteiger partial charge in [0.25, 0.3) is 0 Å². The van der Waals surface area contributed by atoms with E-state index in [0.29, 0.717) is 11.3 Å². The van der Waals surface area contributed by atoms with Crippen LogP contribution in [0.25, 0.3) is 4.96 Å². The van der Waals surface area contributed by atoms with E-state index in [1.165, 1.54) is 17.0 Å². The molecular formula is C27H30N5O5S+. The van der Waals surface area contributed by atoms with Crippen molar-refractivity contribution in [1.29, 1.82) is 0 Å². The number of hydrogen-bond acceptors (Lipinski definition) is 6. The summed E-state index contributed by atoms with van der Waals surface area (Å²) in [6, 6.07) is 11.2. The molecule has 10 nitrogen and oxygen atoms in total. The third kappa shape index (κ3) is 6.12. The smallest absolute Gasteiger partial charge is 0.345 e. The normalized spacial score (nSPS) is 11.9. The number of primary amides is 1. The number of esters is 1. The summed E-state index contributed by atoms with van der Waals surface area (Å²) in [5.41, 5.74) is 8.15. The molecule has 2 aromatic carbocycles. The monoisotopic (exact) mass is 536 g/mol. The van der Waals surface area contributed by atoms with E-state index in [-0.39, 0.29) is 24.8 Å². The van der Waals surface area contributed by atoms with Crippen molar-refractivity contribution in [3.63, 3.8) is 0 Å². The summed E-state index contributed by atoms with van der Waals surface area (Å²) in [7, 11) is 1.91. The third-order valence-corrected chi connectivity index (χ3v) is 6.87. The number of nitrogens with one attached hydrogen (secondary N) is 1. The van der Waals surface area contributed by atoms with Crippen molar-refractivity contribution in [2.24, 2.45) is 12.8 Å². The van der Waals surface area contributed by atoms with Crippen molar-refractivity contribution in [2.45, 2.75) is 39.0 Å². The van der Waals surface area contributed by atoms with Gasteiger partial charge >= 0.3 is 17.0 Å². The van der Waals surface area contributed by atoms with Gasteiger partial charge in [0.15, 0.2) is 5.69 Å². The Morgan fingerprint density at radius 3 is 2.45 bits per heavy atom. The Morgan fingerprint density at radius 1 is 1.13 bits per heavy atom. The molecule has 1 atom stereocenters. The minimum Gasteiger partial charge on any atom is -0.508 e. The van der Waals surface area contributed by atoms with Crippen LogP contribution in [0.2, 0.25) is 0 Å². The number of aryl methyl sites for hydroxylation is 1. The molecular weight excluding hydrogens is 506 g/mol. The second kappa shape index (κ2) is 11.3. The molecule has 38 heavy (non-hydrogen) atoms. The first-order valence-electron chi connectivity index (χ1n) is 12.0. The third-order valence-electron chi connectivity index (χ3n) is 5.92. The van der Waals surface area contributed by atoms with Gasteiger partial charge in [-0.3, -0.25) is 4.79 Å². The molecule has 4 N–H and O–H groups in total. The first kappa shape index (κ1) is 26.7. The Kier molecular flexibility index (Phi) is 7.96. The molecule has 0 aliphatic heterocycles. The maximum Gasteiger partial charge on any atom is 0.345 e. The summed E-state index contributed by atoms with van der Waals surface area (Å²) in [6.07, 6.45) is 3.72. The summed E-state index contributed by atoms with van der Waals surface area (Å²) in [5.74, 6) is -1.02. The van der Waals surface area contributed by atoms with E-state index in [9.17, 15) is 19.5 Å². The topological polar surface area (TPSA) is 130 Å². The Labute approximate surface area is 223 Å². The number of carbonyl (C=O) groups is 3. The summed E-state index contributed by atoms with van der Waals surface area (Å²) in [5, 5.41) is 14.4. The lowest BCUT2D eigenvalue weighted by molar-refractivity contribution is -0.642. The molecule has 2 heterocycles. The van der Waals surface area contributed by atoms with Crippen LogP contribution in [0.5, 0.6) is 5.75 Å². The number of amides is 3. The second-order valence-electron chi connectivity index (χ2n) is 9.17. The molecule has 198 valence electrons. The zero-order valence-corrected chi connectivity index (χ0v) is 22.1. The number of aromatic hydroxyl groups is 1. The highest BCUT2D eigenvalue weighted by Crippen LogP contribution is 2.20. The first-order chi connectivity index (χ1) is 18.1. The number of rotatable bonds is 9. The van der Waals surface area contributed by atoms with Crippen LogP contribution in [0.15, 0.2) is 66.3 Å². The van der Waals surface area contributed by atoms with Crippen LogP contribution in [0.3, 0.4) is 0 Å². The Hall–Kier alpha value is -4.38. The molecule has 4 rings (SSSR count). The number of urea groups is 1. The van der Waals surface area contributed by atoms with Crippen molar-refractivity contribution in [1.82, 2.24) is 9.30 Å². The fourth-order valence-corrected chi connectivity index (χ4v) is 4.90. The number of aromatic nitrogens is 2. The standard InChI is InChI=1S/C27H29N5O5S/c1-17(2)37-25(35)19-6-8-20(9-7-19)29-26(36)32(16-21-15-30(3)27-31(21)12-13-38-27)23(24(28)34)14-18-4-10-22(33)11-5-18/h4-13,15,17,23H,14,16H2,1-3H3,(H3-,28,29,33,34,35,36)/p+1/t23-/m0/s1. The maximum atomic E-state index is 13.6. The number of fused-ring (bicyclic) bond motifs is 1. The zero-order chi connectivity index (χ0) is 27.4. The van der Waals surface area contributed by atoms with E-state index in [1.807, 2.05) is 33.8 Å². The second-order valence-corrected chi connectivity index (χ2v) is 10.0. The molecule has 0 saturated heterocycles. The zero-order valence-electron chi connectivity index (χ0n) is 21.3. The summed E-state index contributed by atoms with van der Waals surface area (Å²) in [4.78, 5) is 40.8. The van der Waals surface area contributed by atoms with Crippen molar-refractivity contribution in [3.8, 4) is 5.75 Å². The predicted molar refractivity (Wildman–Crippen MR) is 143 cm³/mol. The number of phenolic OH excluding ortho intramolecular Hbond substituents is 1. The van der Waals surface area contributed by atoms with Gasteiger partial charge in [0.05, 0.1) is 25.3 Å². The molecule has 0 radical (unpaired) electrons. The highest BCUT2D eigenvalue weighted by atomic mass is 32.1. The van der Waals surface area contributed by atoms with Crippen molar-refractivity contribution in [2.75, 3.05) is 5.32 Å². The van der Waals surface area contributed by atoms with Crippen molar-refractivity contribution >= 4 is 39.9 Å². The van der Waals surface area contributed by atoms with Crippen LogP contribution in [-0.4, -0.2) is 44.5 Å². The van der Waals surface area contributed by atoms with Gasteiger partial charge in [0.1, 0.15) is 24.2 Å². The van der Waals surface area contributed by atoms with Gasteiger partial charge in [-0.25, -0.2) is 14.2 Å². The molecule has 4 aromatic rings. The molecule has 0 bridgehead atoms. The molecule has 3 amide bonds. The van der Waals surface area contributed by atoms with E-state index in [4.69, 9.17) is 10.5 Å². The summed E-state index contributed by atoms with van der Waals surface area (Å²) in [6.45, 7) is 3.64. The fourth-order valence-electron chi connectivity index (χ4n) is 4.09. The largest absolute Gasteiger partial charge is 0.508 e. The van der Waals surface area contributed by atoms with E-state index in [2.05, 4.69) is 5.32 Å². The van der Waals surface area contributed by atoms with E-state index in [1.54, 1.807) is 61.6 Å². The lowest BCUT2D eigenvalue weighted by Gasteiger charge is -2.29. The van der Waals surface area contributed by atoms with E-state index < -0.39 is 23.9 Å². The Morgan fingerprint density at radius 2 is 1.82 bits per heavy atom. The van der Waals surface area contributed by atoms with Crippen LogP contribution in [0, 0.1) is 0 Å². The minimum absolute atomic E-state index is 0.0974. The lowest BCUT2D eigenvalue weighted by atomic mass is 10.0. The van der Waals surface area contributed by atoms with E-state index >= 15 is 0 Å². The molecule has 0 saturated carbocycles. The molecule has 0 aliphatic rings. The molecule has 2 aromatic heterocycles. The van der Waals surface area contributed by atoms with Crippen LogP contribution in [0.4, 0.5) is 10.5 Å². The minimum atomic E-state index is -0.977. The van der Waals surface area contributed by atoms with Gasteiger partial charge in [0.2, 0.25) is 5.91 Å².